The highest BCUT2D eigenvalue weighted by Gasteiger charge is 2.31. The molecule has 11 heteroatoms. The van der Waals surface area contributed by atoms with E-state index in [9.17, 15) is 18.0 Å². The first-order chi connectivity index (χ1) is 19.0. The van der Waals surface area contributed by atoms with E-state index >= 15 is 0 Å². The fourth-order valence-corrected chi connectivity index (χ4v) is 4.19. The van der Waals surface area contributed by atoms with Crippen LogP contribution in [0.15, 0.2) is 79.5 Å². The quantitative estimate of drug-likeness (QED) is 0.303. The van der Waals surface area contributed by atoms with E-state index < -0.39 is 17.6 Å². The van der Waals surface area contributed by atoms with Gasteiger partial charge in [0.2, 0.25) is 5.95 Å². The molecule has 4 aromatic rings. The van der Waals surface area contributed by atoms with Crippen LogP contribution in [-0.4, -0.2) is 43.9 Å². The second-order valence-electron chi connectivity index (χ2n) is 9.49. The Balaban J connectivity index is 1.39. The largest absolute Gasteiger partial charge is 0.416 e. The lowest BCUT2D eigenvalue weighted by atomic mass is 10.1. The van der Waals surface area contributed by atoms with E-state index in [1.165, 1.54) is 17.0 Å². The summed E-state index contributed by atoms with van der Waals surface area (Å²) in [6.07, 6.45) is 6.11. The van der Waals surface area contributed by atoms with Crippen LogP contribution in [0.1, 0.15) is 32.9 Å². The van der Waals surface area contributed by atoms with Crippen LogP contribution in [0.4, 0.5) is 30.5 Å². The summed E-state index contributed by atoms with van der Waals surface area (Å²) in [6.45, 7) is 4.42. The Bertz CT molecular complexity index is 1640. The van der Waals surface area contributed by atoms with Crippen molar-refractivity contribution in [2.24, 2.45) is 0 Å². The Kier molecular flexibility index (Phi) is 7.12. The van der Waals surface area contributed by atoms with Crippen LogP contribution in [0.5, 0.6) is 0 Å². The second kappa shape index (κ2) is 10.7. The van der Waals surface area contributed by atoms with E-state index in [1.54, 1.807) is 37.5 Å². The maximum absolute atomic E-state index is 13.6. The summed E-state index contributed by atoms with van der Waals surface area (Å²) in [5, 5.41) is 5.76. The molecule has 0 spiro atoms. The van der Waals surface area contributed by atoms with Crippen molar-refractivity contribution in [3.8, 4) is 5.69 Å². The van der Waals surface area contributed by atoms with Crippen LogP contribution in [0.3, 0.4) is 0 Å². The number of carbonyl (C=O) groups is 1. The molecular weight excluding hydrogens is 519 g/mol. The Hall–Kier alpha value is -4.93. The van der Waals surface area contributed by atoms with Gasteiger partial charge >= 0.3 is 6.18 Å². The number of nitrogens with zero attached hydrogens (tertiary/aromatic N) is 5. The Morgan fingerprint density at radius 1 is 1.05 bits per heavy atom. The molecule has 2 N–H and O–H groups in total. The molecule has 204 valence electrons. The number of aromatic nitrogens is 4. The van der Waals surface area contributed by atoms with Crippen molar-refractivity contribution in [3.05, 3.63) is 108 Å². The SMILES string of the molecule is Cc1cn(-c2cc(NC(=O)c3ccc(C)c(Nc4nccc(C5=CN(C)CC=C5)n4)c3)cc(C(F)(F)F)c2)cn1. The van der Waals surface area contributed by atoms with E-state index in [0.717, 1.165) is 35.5 Å². The van der Waals surface area contributed by atoms with Crippen LogP contribution in [0.2, 0.25) is 0 Å². The lowest BCUT2D eigenvalue weighted by Crippen LogP contribution is -2.15. The Morgan fingerprint density at radius 3 is 2.60 bits per heavy atom. The van der Waals surface area contributed by atoms with E-state index in [4.69, 9.17) is 0 Å². The number of likely N-dealkylation sites (N-methyl/N-ethyl adjacent to an activating group) is 1. The second-order valence-corrected chi connectivity index (χ2v) is 9.49. The smallest absolute Gasteiger partial charge is 0.376 e. The molecule has 5 rings (SSSR count). The highest BCUT2D eigenvalue weighted by Crippen LogP contribution is 2.33. The molecule has 0 saturated carbocycles. The van der Waals surface area contributed by atoms with Gasteiger partial charge in [-0.25, -0.2) is 15.0 Å². The molecule has 1 amide bonds. The fourth-order valence-electron chi connectivity index (χ4n) is 4.19. The van der Waals surface area contributed by atoms with Crippen molar-refractivity contribution in [1.29, 1.82) is 0 Å². The molecular formula is C29H26F3N7O. The zero-order valence-corrected chi connectivity index (χ0v) is 22.0. The summed E-state index contributed by atoms with van der Waals surface area (Å²) in [7, 11) is 1.97. The van der Waals surface area contributed by atoms with Crippen molar-refractivity contribution in [1.82, 2.24) is 24.4 Å². The molecule has 0 fully saturated rings. The number of alkyl halides is 3. The van der Waals surface area contributed by atoms with Gasteiger partial charge in [0.1, 0.15) is 0 Å². The Morgan fingerprint density at radius 2 is 1.88 bits per heavy atom. The number of benzene rings is 2. The van der Waals surface area contributed by atoms with Crippen molar-refractivity contribution in [2.45, 2.75) is 20.0 Å². The number of anilines is 3. The number of allylic oxidation sites excluding steroid dienone is 2. The molecule has 0 bridgehead atoms. The average molecular weight is 546 g/mol. The first-order valence-electron chi connectivity index (χ1n) is 12.4. The standard InChI is InChI=1S/C29H26F3N7O/c1-18-6-7-20(11-26(18)37-28-33-9-8-25(36-28)21-5-4-10-38(3)16-21)27(40)35-23-12-22(29(30,31)32)13-24(14-23)39-15-19(2)34-17-39/h4-9,11-17H,10H2,1-3H3,(H,35,40)(H,33,36,37). The van der Waals surface area contributed by atoms with Crippen molar-refractivity contribution in [3.63, 3.8) is 0 Å². The van der Waals surface area contributed by atoms with Gasteiger partial charge in [0.15, 0.2) is 0 Å². The predicted octanol–water partition coefficient (Wildman–Crippen LogP) is 6.14. The average Bonchev–Trinajstić information content (AvgIpc) is 3.36. The zero-order chi connectivity index (χ0) is 28.4. The van der Waals surface area contributed by atoms with Crippen molar-refractivity contribution >= 4 is 28.8 Å². The van der Waals surface area contributed by atoms with Gasteiger partial charge < -0.3 is 20.1 Å². The highest BCUT2D eigenvalue weighted by atomic mass is 19.4. The molecule has 3 heterocycles. The van der Waals surface area contributed by atoms with Gasteiger partial charge in [-0.1, -0.05) is 18.2 Å². The number of nitrogens with one attached hydrogen (secondary N) is 2. The van der Waals surface area contributed by atoms with Crippen LogP contribution in [-0.2, 0) is 6.18 Å². The first kappa shape index (κ1) is 26.7. The van der Waals surface area contributed by atoms with Crippen molar-refractivity contribution < 1.29 is 18.0 Å². The summed E-state index contributed by atoms with van der Waals surface area (Å²) in [5.74, 6) is -0.218. The van der Waals surface area contributed by atoms with Gasteiger partial charge in [-0.05, 0) is 55.8 Å². The van der Waals surface area contributed by atoms with Gasteiger partial charge in [0.05, 0.1) is 23.3 Å². The number of hydrogen-bond donors (Lipinski definition) is 2. The number of carbonyl (C=O) groups excluding carboxylic acids is 1. The molecule has 0 saturated heterocycles. The van der Waals surface area contributed by atoms with Crippen LogP contribution < -0.4 is 10.6 Å². The molecule has 40 heavy (non-hydrogen) atoms. The minimum absolute atomic E-state index is 0.00563. The third kappa shape index (κ3) is 6.04. The number of amides is 1. The molecule has 8 nitrogen and oxygen atoms in total. The predicted molar refractivity (Wildman–Crippen MR) is 147 cm³/mol. The van der Waals surface area contributed by atoms with E-state index in [0.29, 0.717) is 17.3 Å². The molecule has 0 atom stereocenters. The molecule has 0 unspecified atom stereocenters. The normalized spacial score (nSPS) is 13.2. The summed E-state index contributed by atoms with van der Waals surface area (Å²) in [4.78, 5) is 28.2. The number of rotatable bonds is 6. The van der Waals surface area contributed by atoms with E-state index in [1.807, 2.05) is 43.3 Å². The maximum atomic E-state index is 13.6. The summed E-state index contributed by atoms with van der Waals surface area (Å²) in [6, 6.07) is 10.2. The first-order valence-corrected chi connectivity index (χ1v) is 12.4. The van der Waals surface area contributed by atoms with Gasteiger partial charge in [0.25, 0.3) is 5.91 Å². The van der Waals surface area contributed by atoms with Gasteiger partial charge in [0, 0.05) is 60.4 Å². The van der Waals surface area contributed by atoms with Crippen LogP contribution in [0.25, 0.3) is 11.3 Å². The maximum Gasteiger partial charge on any atom is 0.416 e. The molecule has 2 aromatic carbocycles. The third-order valence-electron chi connectivity index (χ3n) is 6.26. The van der Waals surface area contributed by atoms with Gasteiger partial charge in [-0.15, -0.1) is 0 Å². The number of imidazole rings is 1. The fraction of sp³-hybridized carbons (Fsp3) is 0.172. The van der Waals surface area contributed by atoms with E-state index in [-0.39, 0.29) is 16.9 Å². The zero-order valence-electron chi connectivity index (χ0n) is 22.0. The highest BCUT2D eigenvalue weighted by molar-refractivity contribution is 6.05. The number of hydrogen-bond acceptors (Lipinski definition) is 6. The summed E-state index contributed by atoms with van der Waals surface area (Å²) in [5.41, 5.74) is 3.35. The lowest BCUT2D eigenvalue weighted by Gasteiger charge is -2.18. The summed E-state index contributed by atoms with van der Waals surface area (Å²) < 4.78 is 42.4. The minimum Gasteiger partial charge on any atom is -0.376 e. The minimum atomic E-state index is -4.60. The number of aryl methyl sites for hydroxylation is 2. The number of halogens is 3. The topological polar surface area (TPSA) is 88.0 Å². The van der Waals surface area contributed by atoms with Crippen molar-refractivity contribution in [2.75, 3.05) is 24.2 Å². The molecule has 0 radical (unpaired) electrons. The van der Waals surface area contributed by atoms with Crippen LogP contribution >= 0.6 is 0 Å². The molecule has 1 aliphatic heterocycles. The lowest BCUT2D eigenvalue weighted by molar-refractivity contribution is -0.137. The van der Waals surface area contributed by atoms with Crippen LogP contribution in [0, 0.1) is 13.8 Å². The van der Waals surface area contributed by atoms with E-state index in [2.05, 4.69) is 25.6 Å². The molecule has 2 aromatic heterocycles. The molecule has 1 aliphatic rings. The summed E-state index contributed by atoms with van der Waals surface area (Å²) >= 11 is 0. The monoisotopic (exact) mass is 545 g/mol. The molecule has 0 aliphatic carbocycles. The van der Waals surface area contributed by atoms with Gasteiger partial charge in [-0.2, -0.15) is 13.2 Å². The van der Waals surface area contributed by atoms with Gasteiger partial charge in [-0.3, -0.25) is 4.79 Å². The third-order valence-corrected chi connectivity index (χ3v) is 6.26. The Labute approximate surface area is 228 Å².